The summed E-state index contributed by atoms with van der Waals surface area (Å²) in [6, 6.07) is 11.8. The van der Waals surface area contributed by atoms with Gasteiger partial charge >= 0.3 is 0 Å². The second-order valence-electron chi connectivity index (χ2n) is 4.57. The van der Waals surface area contributed by atoms with Crippen molar-refractivity contribution in [3.8, 4) is 0 Å². The van der Waals surface area contributed by atoms with Crippen LogP contribution >= 0.6 is 0 Å². The molecule has 0 saturated heterocycles. The third kappa shape index (κ3) is 3.45. The van der Waals surface area contributed by atoms with E-state index in [9.17, 15) is 5.11 Å². The molecule has 2 rings (SSSR count). The van der Waals surface area contributed by atoms with Crippen LogP contribution in [0.4, 0.5) is 0 Å². The van der Waals surface area contributed by atoms with Crippen molar-refractivity contribution in [2.24, 2.45) is 0 Å². The minimum absolute atomic E-state index is 0.485. The van der Waals surface area contributed by atoms with E-state index in [1.807, 2.05) is 50.2 Å². The zero-order valence-corrected chi connectivity index (χ0v) is 10.8. The average molecular weight is 245 g/mol. The van der Waals surface area contributed by atoms with Crippen molar-refractivity contribution in [1.82, 2.24) is 5.32 Å². The van der Waals surface area contributed by atoms with Crippen LogP contribution in [-0.4, -0.2) is 11.7 Å². The fourth-order valence-corrected chi connectivity index (χ4v) is 1.82. The molecule has 2 aromatic rings. The lowest BCUT2D eigenvalue weighted by molar-refractivity contribution is 0.173. The summed E-state index contributed by atoms with van der Waals surface area (Å²) in [7, 11) is 0. The van der Waals surface area contributed by atoms with Crippen LogP contribution in [0.25, 0.3) is 0 Å². The predicted octanol–water partition coefficient (Wildman–Crippen LogP) is 2.72. The highest BCUT2D eigenvalue weighted by atomic mass is 16.3. The Kier molecular flexibility index (Phi) is 4.18. The maximum absolute atomic E-state index is 10.0. The topological polar surface area (TPSA) is 45.4 Å². The lowest BCUT2D eigenvalue weighted by atomic mass is 10.1. The average Bonchev–Trinajstić information content (AvgIpc) is 2.76. The molecular weight excluding hydrogens is 226 g/mol. The molecule has 1 atom stereocenters. The molecule has 3 heteroatoms. The van der Waals surface area contributed by atoms with Crippen LogP contribution < -0.4 is 5.32 Å². The molecule has 0 radical (unpaired) electrons. The molecule has 1 heterocycles. The zero-order valence-electron chi connectivity index (χ0n) is 10.8. The van der Waals surface area contributed by atoms with Crippen molar-refractivity contribution in [2.75, 3.05) is 6.54 Å². The lowest BCUT2D eigenvalue weighted by Gasteiger charge is -2.11. The Balaban J connectivity index is 1.81. The minimum atomic E-state index is -0.485. The molecule has 0 aliphatic heterocycles. The van der Waals surface area contributed by atoms with Gasteiger partial charge in [-0.15, -0.1) is 0 Å². The molecule has 0 saturated carbocycles. The van der Waals surface area contributed by atoms with Gasteiger partial charge in [-0.1, -0.05) is 29.8 Å². The summed E-state index contributed by atoms with van der Waals surface area (Å²) < 4.78 is 5.44. The van der Waals surface area contributed by atoms with Crippen LogP contribution in [0.2, 0.25) is 0 Å². The largest absolute Gasteiger partial charge is 0.465 e. The van der Waals surface area contributed by atoms with Crippen molar-refractivity contribution in [1.29, 1.82) is 0 Å². The zero-order chi connectivity index (χ0) is 13.0. The standard InChI is InChI=1S/C15H19NO2/c1-11-3-6-13(7-4-11)15(17)10-16-9-14-8-5-12(2)18-14/h3-8,15-17H,9-10H2,1-2H3. The normalized spacial score (nSPS) is 12.6. The molecule has 1 aromatic carbocycles. The fourth-order valence-electron chi connectivity index (χ4n) is 1.82. The van der Waals surface area contributed by atoms with Crippen LogP contribution in [0, 0.1) is 13.8 Å². The highest BCUT2D eigenvalue weighted by Crippen LogP contribution is 2.13. The molecule has 96 valence electrons. The van der Waals surface area contributed by atoms with Crippen molar-refractivity contribution < 1.29 is 9.52 Å². The number of nitrogens with one attached hydrogen (secondary N) is 1. The first kappa shape index (κ1) is 12.9. The minimum Gasteiger partial charge on any atom is -0.465 e. The van der Waals surface area contributed by atoms with E-state index in [0.29, 0.717) is 13.1 Å². The summed E-state index contributed by atoms with van der Waals surface area (Å²) in [4.78, 5) is 0. The maximum atomic E-state index is 10.0. The Bertz CT molecular complexity index is 487. The number of benzene rings is 1. The van der Waals surface area contributed by atoms with Gasteiger partial charge in [-0.25, -0.2) is 0 Å². The SMILES string of the molecule is Cc1ccc(C(O)CNCc2ccc(C)o2)cc1. The van der Waals surface area contributed by atoms with Gasteiger partial charge in [-0.2, -0.15) is 0 Å². The molecule has 18 heavy (non-hydrogen) atoms. The van der Waals surface area contributed by atoms with Gasteiger partial charge in [-0.05, 0) is 31.5 Å². The highest BCUT2D eigenvalue weighted by molar-refractivity contribution is 5.23. The molecule has 3 nitrogen and oxygen atoms in total. The van der Waals surface area contributed by atoms with Gasteiger partial charge in [0.15, 0.2) is 0 Å². The number of furan rings is 1. The Morgan fingerprint density at radius 1 is 1.11 bits per heavy atom. The van der Waals surface area contributed by atoms with E-state index in [4.69, 9.17) is 4.42 Å². The number of hydrogen-bond acceptors (Lipinski definition) is 3. The van der Waals surface area contributed by atoms with E-state index in [1.54, 1.807) is 0 Å². The number of aliphatic hydroxyl groups excluding tert-OH is 1. The van der Waals surface area contributed by atoms with Crippen molar-refractivity contribution in [3.05, 3.63) is 59.0 Å². The molecular formula is C15H19NO2. The summed E-state index contributed by atoms with van der Waals surface area (Å²) in [6.45, 7) is 5.11. The summed E-state index contributed by atoms with van der Waals surface area (Å²) in [6.07, 6.45) is -0.485. The number of aliphatic hydroxyl groups is 1. The van der Waals surface area contributed by atoms with Crippen molar-refractivity contribution >= 4 is 0 Å². The van der Waals surface area contributed by atoms with Gasteiger partial charge in [0.2, 0.25) is 0 Å². The first-order chi connectivity index (χ1) is 8.65. The molecule has 0 spiro atoms. The monoisotopic (exact) mass is 245 g/mol. The Morgan fingerprint density at radius 2 is 1.83 bits per heavy atom. The fraction of sp³-hybridized carbons (Fsp3) is 0.333. The van der Waals surface area contributed by atoms with E-state index in [1.165, 1.54) is 5.56 Å². The molecule has 0 aliphatic carbocycles. The van der Waals surface area contributed by atoms with E-state index >= 15 is 0 Å². The van der Waals surface area contributed by atoms with Gasteiger partial charge < -0.3 is 14.8 Å². The van der Waals surface area contributed by atoms with E-state index < -0.39 is 6.10 Å². The summed E-state index contributed by atoms with van der Waals surface area (Å²) in [5, 5.41) is 13.2. The Labute approximate surface area is 107 Å². The molecule has 0 amide bonds. The van der Waals surface area contributed by atoms with Gasteiger partial charge in [-0.3, -0.25) is 0 Å². The molecule has 2 N–H and O–H groups in total. The summed E-state index contributed by atoms with van der Waals surface area (Å²) in [5.74, 6) is 1.80. The predicted molar refractivity (Wildman–Crippen MR) is 71.3 cm³/mol. The number of aryl methyl sites for hydroxylation is 2. The van der Waals surface area contributed by atoms with Gasteiger partial charge in [0.25, 0.3) is 0 Å². The van der Waals surface area contributed by atoms with Crippen LogP contribution in [0.3, 0.4) is 0 Å². The third-order valence-electron chi connectivity index (χ3n) is 2.90. The lowest BCUT2D eigenvalue weighted by Crippen LogP contribution is -2.20. The summed E-state index contributed by atoms with van der Waals surface area (Å²) in [5.41, 5.74) is 2.13. The summed E-state index contributed by atoms with van der Waals surface area (Å²) >= 11 is 0. The van der Waals surface area contributed by atoms with Crippen molar-refractivity contribution in [2.45, 2.75) is 26.5 Å². The number of rotatable bonds is 5. The van der Waals surface area contributed by atoms with Gasteiger partial charge in [0.05, 0.1) is 12.6 Å². The van der Waals surface area contributed by atoms with E-state index in [0.717, 1.165) is 17.1 Å². The molecule has 1 aromatic heterocycles. The highest BCUT2D eigenvalue weighted by Gasteiger charge is 2.07. The second kappa shape index (κ2) is 5.85. The molecule has 0 bridgehead atoms. The first-order valence-corrected chi connectivity index (χ1v) is 6.16. The van der Waals surface area contributed by atoms with E-state index in [-0.39, 0.29) is 0 Å². The Hall–Kier alpha value is -1.58. The molecule has 0 fully saturated rings. The van der Waals surface area contributed by atoms with Crippen LogP contribution in [-0.2, 0) is 6.54 Å². The van der Waals surface area contributed by atoms with Gasteiger partial charge in [0.1, 0.15) is 11.5 Å². The van der Waals surface area contributed by atoms with Crippen LogP contribution in [0.1, 0.15) is 28.8 Å². The molecule has 1 unspecified atom stereocenters. The van der Waals surface area contributed by atoms with Gasteiger partial charge in [0, 0.05) is 6.54 Å². The first-order valence-electron chi connectivity index (χ1n) is 6.16. The smallest absolute Gasteiger partial charge is 0.117 e. The quantitative estimate of drug-likeness (QED) is 0.851. The van der Waals surface area contributed by atoms with Crippen molar-refractivity contribution in [3.63, 3.8) is 0 Å². The van der Waals surface area contributed by atoms with E-state index in [2.05, 4.69) is 5.32 Å². The maximum Gasteiger partial charge on any atom is 0.117 e. The molecule has 0 aliphatic rings. The van der Waals surface area contributed by atoms with Crippen LogP contribution in [0.5, 0.6) is 0 Å². The number of hydrogen-bond donors (Lipinski definition) is 2. The van der Waals surface area contributed by atoms with Crippen LogP contribution in [0.15, 0.2) is 40.8 Å². The Morgan fingerprint density at radius 3 is 2.44 bits per heavy atom. The second-order valence-corrected chi connectivity index (χ2v) is 4.57. The third-order valence-corrected chi connectivity index (χ3v) is 2.90.